The van der Waals surface area contributed by atoms with Gasteiger partial charge in [-0.15, -0.1) is 0 Å². The quantitative estimate of drug-likeness (QED) is 0.524. The Balaban J connectivity index is 1.58. The van der Waals surface area contributed by atoms with E-state index in [0.717, 1.165) is 24.3 Å². The van der Waals surface area contributed by atoms with Crippen LogP contribution in [0.25, 0.3) is 0 Å². The lowest BCUT2D eigenvalue weighted by molar-refractivity contribution is 0.0951. The number of carbonyl (C=O) groups is 1. The average molecular weight is 438 g/mol. The van der Waals surface area contributed by atoms with Gasteiger partial charge < -0.3 is 10.2 Å². The largest absolute Gasteiger partial charge is 0.372 e. The van der Waals surface area contributed by atoms with Gasteiger partial charge in [-0.3, -0.25) is 9.52 Å². The fourth-order valence-electron chi connectivity index (χ4n) is 3.20. The van der Waals surface area contributed by atoms with Gasteiger partial charge in [-0.2, -0.15) is 0 Å². The topological polar surface area (TPSA) is 78.5 Å². The van der Waals surface area contributed by atoms with Crippen LogP contribution in [0.3, 0.4) is 0 Å². The number of hydrogen-bond donors (Lipinski definition) is 2. The van der Waals surface area contributed by atoms with Gasteiger partial charge in [0.25, 0.3) is 15.9 Å². The SMILES string of the molecule is CCN(CC)c1ccc(CNC(=O)c2ccc(NS(=O)(=O)c3ccccc3)cc2)cc1. The van der Waals surface area contributed by atoms with Crippen LogP contribution >= 0.6 is 0 Å². The van der Waals surface area contributed by atoms with E-state index in [4.69, 9.17) is 0 Å². The molecule has 0 aliphatic carbocycles. The number of sulfonamides is 1. The number of anilines is 2. The number of amides is 1. The fraction of sp³-hybridized carbons (Fsp3) is 0.208. The minimum Gasteiger partial charge on any atom is -0.372 e. The predicted molar refractivity (Wildman–Crippen MR) is 125 cm³/mol. The number of carbonyl (C=O) groups excluding carboxylic acids is 1. The maximum atomic E-state index is 12.4. The van der Waals surface area contributed by atoms with E-state index >= 15 is 0 Å². The zero-order chi connectivity index (χ0) is 22.3. The summed E-state index contributed by atoms with van der Waals surface area (Å²) in [6.45, 7) is 6.55. The number of nitrogens with zero attached hydrogens (tertiary/aromatic N) is 1. The Morgan fingerprint density at radius 2 is 1.45 bits per heavy atom. The van der Waals surface area contributed by atoms with Gasteiger partial charge in [-0.25, -0.2) is 8.42 Å². The van der Waals surface area contributed by atoms with E-state index < -0.39 is 10.0 Å². The number of hydrogen-bond acceptors (Lipinski definition) is 4. The summed E-state index contributed by atoms with van der Waals surface area (Å²) < 4.78 is 27.3. The molecule has 3 aromatic rings. The highest BCUT2D eigenvalue weighted by Crippen LogP contribution is 2.17. The van der Waals surface area contributed by atoms with Gasteiger partial charge in [0.05, 0.1) is 4.90 Å². The fourth-order valence-corrected chi connectivity index (χ4v) is 4.28. The molecular formula is C24H27N3O3S. The molecule has 0 aliphatic rings. The summed E-state index contributed by atoms with van der Waals surface area (Å²) in [7, 11) is -3.66. The lowest BCUT2D eigenvalue weighted by Crippen LogP contribution is -2.23. The molecule has 0 bridgehead atoms. The summed E-state index contributed by atoms with van der Waals surface area (Å²) in [4.78, 5) is 14.9. The maximum absolute atomic E-state index is 12.4. The number of rotatable bonds is 9. The zero-order valence-electron chi connectivity index (χ0n) is 17.7. The molecule has 31 heavy (non-hydrogen) atoms. The molecule has 6 nitrogen and oxygen atoms in total. The maximum Gasteiger partial charge on any atom is 0.261 e. The normalized spacial score (nSPS) is 11.0. The van der Waals surface area contributed by atoms with Gasteiger partial charge in [0.2, 0.25) is 0 Å². The second kappa shape index (κ2) is 10.1. The lowest BCUT2D eigenvalue weighted by Gasteiger charge is -2.21. The Labute approximate surface area is 184 Å². The molecule has 0 aromatic heterocycles. The monoisotopic (exact) mass is 437 g/mol. The number of benzene rings is 3. The Morgan fingerprint density at radius 3 is 2.03 bits per heavy atom. The van der Waals surface area contributed by atoms with E-state index in [0.29, 0.717) is 17.8 Å². The van der Waals surface area contributed by atoms with E-state index in [1.807, 2.05) is 12.1 Å². The molecule has 0 atom stereocenters. The van der Waals surface area contributed by atoms with Crippen LogP contribution in [0.4, 0.5) is 11.4 Å². The minimum absolute atomic E-state index is 0.184. The van der Waals surface area contributed by atoms with Gasteiger partial charge >= 0.3 is 0 Å². The smallest absolute Gasteiger partial charge is 0.261 e. The molecule has 0 unspecified atom stereocenters. The van der Waals surface area contributed by atoms with Crippen molar-refractivity contribution >= 4 is 27.3 Å². The van der Waals surface area contributed by atoms with Crippen LogP contribution in [0.1, 0.15) is 29.8 Å². The van der Waals surface area contributed by atoms with Crippen LogP contribution in [0.5, 0.6) is 0 Å². The standard InChI is InChI=1S/C24H27N3O3S/c1-3-27(4-2)22-16-10-19(11-17-22)18-25-24(28)20-12-14-21(15-13-20)26-31(29,30)23-8-6-5-7-9-23/h5-17,26H,3-4,18H2,1-2H3,(H,25,28). The van der Waals surface area contributed by atoms with Crippen LogP contribution < -0.4 is 14.9 Å². The third-order valence-corrected chi connectivity index (χ3v) is 6.37. The number of nitrogens with one attached hydrogen (secondary N) is 2. The van der Waals surface area contributed by atoms with Crippen molar-refractivity contribution in [3.05, 3.63) is 90.0 Å². The molecular weight excluding hydrogens is 410 g/mol. The van der Waals surface area contributed by atoms with E-state index in [1.165, 1.54) is 12.1 Å². The lowest BCUT2D eigenvalue weighted by atomic mass is 10.1. The second-order valence-electron chi connectivity index (χ2n) is 7.02. The molecule has 0 saturated carbocycles. The Morgan fingerprint density at radius 1 is 0.839 bits per heavy atom. The second-order valence-corrected chi connectivity index (χ2v) is 8.70. The van der Waals surface area contributed by atoms with Crippen molar-refractivity contribution in [2.24, 2.45) is 0 Å². The van der Waals surface area contributed by atoms with Gasteiger partial charge in [0, 0.05) is 36.6 Å². The van der Waals surface area contributed by atoms with Gasteiger partial charge in [-0.05, 0) is 67.9 Å². The molecule has 0 aliphatic heterocycles. The Hall–Kier alpha value is -3.32. The minimum atomic E-state index is -3.66. The molecule has 2 N–H and O–H groups in total. The van der Waals surface area contributed by atoms with Crippen LogP contribution in [-0.2, 0) is 16.6 Å². The Bertz CT molecular complexity index is 1090. The van der Waals surface area contributed by atoms with Crippen molar-refractivity contribution in [1.82, 2.24) is 5.32 Å². The molecule has 0 saturated heterocycles. The van der Waals surface area contributed by atoms with Gasteiger partial charge in [-0.1, -0.05) is 30.3 Å². The van der Waals surface area contributed by atoms with Crippen molar-refractivity contribution < 1.29 is 13.2 Å². The molecule has 162 valence electrons. The van der Waals surface area contributed by atoms with E-state index in [2.05, 4.69) is 40.9 Å². The van der Waals surface area contributed by atoms with Gasteiger partial charge in [0.15, 0.2) is 0 Å². The van der Waals surface area contributed by atoms with Crippen LogP contribution in [0, 0.1) is 0 Å². The summed E-state index contributed by atoms with van der Waals surface area (Å²) in [6.07, 6.45) is 0. The first kappa shape index (κ1) is 22.4. The van der Waals surface area contributed by atoms with E-state index in [1.54, 1.807) is 42.5 Å². The summed E-state index contributed by atoms with van der Waals surface area (Å²) in [5, 5.41) is 2.89. The molecule has 0 heterocycles. The molecule has 0 spiro atoms. The van der Waals surface area contributed by atoms with Gasteiger partial charge in [0.1, 0.15) is 0 Å². The molecule has 3 aromatic carbocycles. The summed E-state index contributed by atoms with van der Waals surface area (Å²) in [5.74, 6) is -0.217. The van der Waals surface area contributed by atoms with E-state index in [-0.39, 0.29) is 10.8 Å². The van der Waals surface area contributed by atoms with Crippen LogP contribution in [0.2, 0.25) is 0 Å². The van der Waals surface area contributed by atoms with Crippen LogP contribution in [-0.4, -0.2) is 27.4 Å². The summed E-state index contributed by atoms with van der Waals surface area (Å²) in [5.41, 5.74) is 3.03. The first-order chi connectivity index (χ1) is 14.9. The average Bonchev–Trinajstić information content (AvgIpc) is 2.80. The molecule has 3 rings (SSSR count). The zero-order valence-corrected chi connectivity index (χ0v) is 18.5. The first-order valence-corrected chi connectivity index (χ1v) is 11.7. The highest BCUT2D eigenvalue weighted by atomic mass is 32.2. The van der Waals surface area contributed by atoms with Crippen LogP contribution in [0.15, 0.2) is 83.8 Å². The Kier molecular flexibility index (Phi) is 7.31. The van der Waals surface area contributed by atoms with Crippen molar-refractivity contribution in [3.8, 4) is 0 Å². The third-order valence-electron chi connectivity index (χ3n) is 4.97. The van der Waals surface area contributed by atoms with Crippen molar-refractivity contribution in [1.29, 1.82) is 0 Å². The molecule has 1 amide bonds. The van der Waals surface area contributed by atoms with E-state index in [9.17, 15) is 13.2 Å². The highest BCUT2D eigenvalue weighted by Gasteiger charge is 2.14. The van der Waals surface area contributed by atoms with Crippen molar-refractivity contribution in [2.75, 3.05) is 22.7 Å². The first-order valence-electron chi connectivity index (χ1n) is 10.2. The summed E-state index contributed by atoms with van der Waals surface area (Å²) >= 11 is 0. The molecule has 0 radical (unpaired) electrons. The van der Waals surface area contributed by atoms with Crippen molar-refractivity contribution in [3.63, 3.8) is 0 Å². The predicted octanol–water partition coefficient (Wildman–Crippen LogP) is 4.26. The van der Waals surface area contributed by atoms with Crippen molar-refractivity contribution in [2.45, 2.75) is 25.3 Å². The summed E-state index contributed by atoms with van der Waals surface area (Å²) in [6, 6.07) is 22.6. The third kappa shape index (κ3) is 5.86. The molecule has 7 heteroatoms. The molecule has 0 fully saturated rings. The highest BCUT2D eigenvalue weighted by molar-refractivity contribution is 7.92.